The molecular weight excluding hydrogens is 192 g/mol. The minimum Gasteiger partial charge on any atom is -0.508 e. The molecule has 0 spiro atoms. The largest absolute Gasteiger partial charge is 0.508 e. The van der Waals surface area contributed by atoms with Crippen molar-refractivity contribution in [3.8, 4) is 11.5 Å². The van der Waals surface area contributed by atoms with Crippen LogP contribution in [-0.2, 0) is 4.74 Å². The quantitative estimate of drug-likeness (QED) is 0.827. The lowest BCUT2D eigenvalue weighted by Gasteiger charge is -2.22. The van der Waals surface area contributed by atoms with Crippen molar-refractivity contribution in [1.82, 2.24) is 0 Å². The molecule has 0 aliphatic carbocycles. The molecule has 1 fully saturated rings. The first kappa shape index (κ1) is 10.3. The van der Waals surface area contributed by atoms with E-state index in [4.69, 9.17) is 14.6 Å². The second-order valence-corrected chi connectivity index (χ2v) is 3.86. The second-order valence-electron chi connectivity index (χ2n) is 3.86. The van der Waals surface area contributed by atoms with Crippen molar-refractivity contribution >= 4 is 0 Å². The van der Waals surface area contributed by atoms with E-state index in [0.29, 0.717) is 5.92 Å². The minimum atomic E-state index is 0.272. The fraction of sp³-hybridized carbons (Fsp3) is 0.500. The molecule has 0 amide bonds. The number of aromatic hydroxyl groups is 1. The molecular formula is C12H16O3. The van der Waals surface area contributed by atoms with Gasteiger partial charge in [0.05, 0.1) is 6.61 Å². The monoisotopic (exact) mass is 208 g/mol. The Kier molecular flexibility index (Phi) is 3.45. The zero-order chi connectivity index (χ0) is 10.5. The Hall–Kier alpha value is -1.22. The Morgan fingerprint density at radius 2 is 1.87 bits per heavy atom. The van der Waals surface area contributed by atoms with Gasteiger partial charge < -0.3 is 14.6 Å². The first-order chi connectivity index (χ1) is 7.34. The Morgan fingerprint density at radius 1 is 1.20 bits per heavy atom. The summed E-state index contributed by atoms with van der Waals surface area (Å²) in [6.07, 6.45) is 2.16. The number of benzene rings is 1. The van der Waals surface area contributed by atoms with E-state index in [1.165, 1.54) is 0 Å². The molecule has 1 saturated heterocycles. The van der Waals surface area contributed by atoms with Crippen LogP contribution in [0.15, 0.2) is 24.3 Å². The summed E-state index contributed by atoms with van der Waals surface area (Å²) >= 11 is 0. The van der Waals surface area contributed by atoms with Crippen LogP contribution in [0.4, 0.5) is 0 Å². The van der Waals surface area contributed by atoms with Crippen molar-refractivity contribution in [2.24, 2.45) is 5.92 Å². The highest BCUT2D eigenvalue weighted by Gasteiger charge is 2.14. The van der Waals surface area contributed by atoms with Crippen LogP contribution >= 0.6 is 0 Å². The zero-order valence-corrected chi connectivity index (χ0v) is 8.69. The summed E-state index contributed by atoms with van der Waals surface area (Å²) in [6.45, 7) is 2.45. The number of hydrogen-bond donors (Lipinski definition) is 1. The number of ether oxygens (including phenoxy) is 2. The van der Waals surface area contributed by atoms with Crippen LogP contribution in [0.25, 0.3) is 0 Å². The van der Waals surface area contributed by atoms with E-state index in [1.807, 2.05) is 0 Å². The highest BCUT2D eigenvalue weighted by molar-refractivity contribution is 5.30. The Morgan fingerprint density at radius 3 is 2.53 bits per heavy atom. The maximum Gasteiger partial charge on any atom is 0.119 e. The third-order valence-corrected chi connectivity index (χ3v) is 2.66. The van der Waals surface area contributed by atoms with Gasteiger partial charge in [0.2, 0.25) is 0 Å². The van der Waals surface area contributed by atoms with Crippen molar-refractivity contribution < 1.29 is 14.6 Å². The van der Waals surface area contributed by atoms with E-state index >= 15 is 0 Å². The van der Waals surface area contributed by atoms with Gasteiger partial charge in [0.1, 0.15) is 11.5 Å². The van der Waals surface area contributed by atoms with Gasteiger partial charge in [-0.3, -0.25) is 0 Å². The van der Waals surface area contributed by atoms with Crippen molar-refractivity contribution in [2.45, 2.75) is 12.8 Å². The normalized spacial score (nSPS) is 17.6. The third kappa shape index (κ3) is 3.13. The third-order valence-electron chi connectivity index (χ3n) is 2.66. The SMILES string of the molecule is Oc1ccc(OCC2CCOCC2)cc1. The molecule has 82 valence electrons. The average molecular weight is 208 g/mol. The summed E-state index contributed by atoms with van der Waals surface area (Å²) in [4.78, 5) is 0. The summed E-state index contributed by atoms with van der Waals surface area (Å²) < 4.78 is 10.9. The molecule has 1 aromatic carbocycles. The standard InChI is InChI=1S/C12H16O3/c13-11-1-3-12(4-2-11)15-9-10-5-7-14-8-6-10/h1-4,10,13H,5-9H2. The lowest BCUT2D eigenvalue weighted by Crippen LogP contribution is -2.21. The highest BCUT2D eigenvalue weighted by atomic mass is 16.5. The lowest BCUT2D eigenvalue weighted by atomic mass is 10.0. The number of phenolic OH excluding ortho intramolecular Hbond substituents is 1. The fourth-order valence-electron chi connectivity index (χ4n) is 1.67. The van der Waals surface area contributed by atoms with Crippen LogP contribution < -0.4 is 4.74 Å². The van der Waals surface area contributed by atoms with Gasteiger partial charge in [-0.05, 0) is 43.0 Å². The van der Waals surface area contributed by atoms with E-state index in [1.54, 1.807) is 24.3 Å². The van der Waals surface area contributed by atoms with E-state index in [2.05, 4.69) is 0 Å². The molecule has 1 aromatic rings. The molecule has 2 rings (SSSR count). The summed E-state index contributed by atoms with van der Waals surface area (Å²) in [5, 5.41) is 9.10. The summed E-state index contributed by atoms with van der Waals surface area (Å²) in [7, 11) is 0. The maximum atomic E-state index is 9.10. The van der Waals surface area contributed by atoms with Crippen molar-refractivity contribution in [1.29, 1.82) is 0 Å². The predicted octanol–water partition coefficient (Wildman–Crippen LogP) is 2.20. The van der Waals surface area contributed by atoms with Crippen LogP contribution in [0.2, 0.25) is 0 Å². The predicted molar refractivity (Wildman–Crippen MR) is 57.1 cm³/mol. The molecule has 15 heavy (non-hydrogen) atoms. The van der Waals surface area contributed by atoms with Crippen molar-refractivity contribution in [3.05, 3.63) is 24.3 Å². The maximum absolute atomic E-state index is 9.10. The van der Waals surface area contributed by atoms with Gasteiger partial charge in [0.15, 0.2) is 0 Å². The van der Waals surface area contributed by atoms with Gasteiger partial charge in [0, 0.05) is 13.2 Å². The molecule has 0 unspecified atom stereocenters. The van der Waals surface area contributed by atoms with Gasteiger partial charge in [0.25, 0.3) is 0 Å². The molecule has 1 N–H and O–H groups in total. The first-order valence-corrected chi connectivity index (χ1v) is 5.34. The van der Waals surface area contributed by atoms with Crippen molar-refractivity contribution in [2.75, 3.05) is 19.8 Å². The van der Waals surface area contributed by atoms with Crippen LogP contribution in [0.5, 0.6) is 11.5 Å². The van der Waals surface area contributed by atoms with Crippen LogP contribution in [0, 0.1) is 5.92 Å². The molecule has 1 aliphatic rings. The fourth-order valence-corrected chi connectivity index (χ4v) is 1.67. The topological polar surface area (TPSA) is 38.7 Å². The van der Waals surface area contributed by atoms with Gasteiger partial charge in [-0.2, -0.15) is 0 Å². The molecule has 1 heterocycles. The smallest absolute Gasteiger partial charge is 0.119 e. The minimum absolute atomic E-state index is 0.272. The molecule has 1 aliphatic heterocycles. The molecule has 0 bridgehead atoms. The molecule has 3 nitrogen and oxygen atoms in total. The average Bonchev–Trinajstić information content (AvgIpc) is 2.30. The number of hydrogen-bond acceptors (Lipinski definition) is 3. The second kappa shape index (κ2) is 5.03. The number of phenols is 1. The summed E-state index contributed by atoms with van der Waals surface area (Å²) in [5.74, 6) is 1.69. The van der Waals surface area contributed by atoms with E-state index in [0.717, 1.165) is 38.4 Å². The van der Waals surface area contributed by atoms with Crippen LogP contribution in [-0.4, -0.2) is 24.9 Å². The first-order valence-electron chi connectivity index (χ1n) is 5.34. The summed E-state index contributed by atoms with van der Waals surface area (Å²) in [6, 6.07) is 6.85. The van der Waals surface area contributed by atoms with Gasteiger partial charge in [-0.25, -0.2) is 0 Å². The molecule has 0 radical (unpaired) electrons. The molecule has 3 heteroatoms. The van der Waals surface area contributed by atoms with E-state index in [-0.39, 0.29) is 5.75 Å². The Bertz CT molecular complexity index is 288. The molecule has 0 aromatic heterocycles. The van der Waals surface area contributed by atoms with E-state index < -0.39 is 0 Å². The molecule has 0 atom stereocenters. The Balaban J connectivity index is 1.79. The van der Waals surface area contributed by atoms with Gasteiger partial charge in [-0.1, -0.05) is 0 Å². The van der Waals surface area contributed by atoms with Crippen LogP contribution in [0.3, 0.4) is 0 Å². The zero-order valence-electron chi connectivity index (χ0n) is 8.69. The van der Waals surface area contributed by atoms with E-state index in [9.17, 15) is 0 Å². The number of rotatable bonds is 3. The van der Waals surface area contributed by atoms with Gasteiger partial charge >= 0.3 is 0 Å². The summed E-state index contributed by atoms with van der Waals surface area (Å²) in [5.41, 5.74) is 0. The molecule has 0 saturated carbocycles. The highest BCUT2D eigenvalue weighted by Crippen LogP contribution is 2.19. The Labute approximate surface area is 89.6 Å². The van der Waals surface area contributed by atoms with Crippen LogP contribution in [0.1, 0.15) is 12.8 Å². The van der Waals surface area contributed by atoms with Gasteiger partial charge in [-0.15, -0.1) is 0 Å². The lowest BCUT2D eigenvalue weighted by molar-refractivity contribution is 0.0497. The van der Waals surface area contributed by atoms with Crippen molar-refractivity contribution in [3.63, 3.8) is 0 Å².